The smallest absolute Gasteiger partial charge is 0.307 e. The molecule has 0 saturated heterocycles. The summed E-state index contributed by atoms with van der Waals surface area (Å²) in [6.07, 6.45) is 5.41. The maximum absolute atomic E-state index is 10.7. The SMILES string of the molecule is CC(C)CCCCCC(CS)C(=O)O. The monoisotopic (exact) mass is 218 g/mol. The number of carbonyl (C=O) groups is 1. The topological polar surface area (TPSA) is 37.3 Å². The van der Waals surface area contributed by atoms with Gasteiger partial charge in [0.15, 0.2) is 0 Å². The molecule has 0 heterocycles. The standard InChI is InChI=1S/C11H22O2S/c1-9(2)6-4-3-5-7-10(8-14)11(12)13/h9-10,14H,3-8H2,1-2H3,(H,12,13). The van der Waals surface area contributed by atoms with Crippen molar-refractivity contribution in [1.82, 2.24) is 0 Å². The molecule has 0 aromatic rings. The predicted octanol–water partition coefficient (Wildman–Crippen LogP) is 3.22. The van der Waals surface area contributed by atoms with Crippen molar-refractivity contribution in [3.63, 3.8) is 0 Å². The fourth-order valence-corrected chi connectivity index (χ4v) is 1.75. The minimum Gasteiger partial charge on any atom is -0.481 e. The Morgan fingerprint density at radius 2 is 1.79 bits per heavy atom. The number of unbranched alkanes of at least 4 members (excludes halogenated alkanes) is 2. The molecule has 3 heteroatoms. The van der Waals surface area contributed by atoms with E-state index in [4.69, 9.17) is 5.11 Å². The molecule has 0 spiro atoms. The molecule has 0 aromatic carbocycles. The zero-order valence-electron chi connectivity index (χ0n) is 9.20. The van der Waals surface area contributed by atoms with Crippen LogP contribution in [0.3, 0.4) is 0 Å². The summed E-state index contributed by atoms with van der Waals surface area (Å²) >= 11 is 4.03. The Balaban J connectivity index is 3.38. The zero-order chi connectivity index (χ0) is 11.0. The predicted molar refractivity (Wildman–Crippen MR) is 62.9 cm³/mol. The first-order valence-corrected chi connectivity index (χ1v) is 6.04. The van der Waals surface area contributed by atoms with Crippen LogP contribution in [0.1, 0.15) is 46.0 Å². The molecule has 0 radical (unpaired) electrons. The maximum Gasteiger partial charge on any atom is 0.307 e. The highest BCUT2D eigenvalue weighted by Crippen LogP contribution is 2.14. The van der Waals surface area contributed by atoms with Gasteiger partial charge in [-0.3, -0.25) is 4.79 Å². The molecule has 1 unspecified atom stereocenters. The number of carboxylic acids is 1. The van der Waals surface area contributed by atoms with E-state index in [-0.39, 0.29) is 5.92 Å². The van der Waals surface area contributed by atoms with Gasteiger partial charge in [-0.25, -0.2) is 0 Å². The minimum atomic E-state index is -0.705. The van der Waals surface area contributed by atoms with Gasteiger partial charge in [-0.15, -0.1) is 0 Å². The third-order valence-electron chi connectivity index (χ3n) is 2.40. The number of hydrogen-bond acceptors (Lipinski definition) is 2. The van der Waals surface area contributed by atoms with E-state index in [9.17, 15) is 4.79 Å². The third-order valence-corrected chi connectivity index (χ3v) is 2.84. The summed E-state index contributed by atoms with van der Waals surface area (Å²) in [6, 6.07) is 0. The summed E-state index contributed by atoms with van der Waals surface area (Å²) in [5.74, 6) is 0.260. The maximum atomic E-state index is 10.7. The van der Waals surface area contributed by atoms with E-state index in [1.807, 2.05) is 0 Å². The van der Waals surface area contributed by atoms with Gasteiger partial charge < -0.3 is 5.11 Å². The Morgan fingerprint density at radius 1 is 1.21 bits per heavy atom. The molecule has 14 heavy (non-hydrogen) atoms. The van der Waals surface area contributed by atoms with Crippen molar-refractivity contribution < 1.29 is 9.90 Å². The lowest BCUT2D eigenvalue weighted by Crippen LogP contribution is -2.15. The fraction of sp³-hybridized carbons (Fsp3) is 0.909. The van der Waals surface area contributed by atoms with Gasteiger partial charge in [-0.1, -0.05) is 39.5 Å². The summed E-state index contributed by atoms with van der Waals surface area (Å²) in [5.41, 5.74) is 0. The Morgan fingerprint density at radius 3 is 2.21 bits per heavy atom. The molecule has 0 aromatic heterocycles. The number of rotatable bonds is 8. The molecule has 0 fully saturated rings. The fourth-order valence-electron chi connectivity index (χ4n) is 1.41. The average Bonchev–Trinajstić information content (AvgIpc) is 2.10. The van der Waals surface area contributed by atoms with Crippen molar-refractivity contribution in [2.75, 3.05) is 5.75 Å². The molecule has 2 nitrogen and oxygen atoms in total. The van der Waals surface area contributed by atoms with Crippen LogP contribution in [-0.4, -0.2) is 16.8 Å². The number of carboxylic acid groups (broad SMARTS) is 1. The highest BCUT2D eigenvalue weighted by molar-refractivity contribution is 7.80. The largest absolute Gasteiger partial charge is 0.481 e. The van der Waals surface area contributed by atoms with Gasteiger partial charge in [-0.2, -0.15) is 12.6 Å². The van der Waals surface area contributed by atoms with Crippen LogP contribution in [0.5, 0.6) is 0 Å². The number of hydrogen-bond donors (Lipinski definition) is 2. The van der Waals surface area contributed by atoms with Gasteiger partial charge in [0, 0.05) is 5.75 Å². The molecular formula is C11H22O2S. The van der Waals surface area contributed by atoms with Crippen LogP contribution < -0.4 is 0 Å². The van der Waals surface area contributed by atoms with E-state index in [1.54, 1.807) is 0 Å². The van der Waals surface area contributed by atoms with E-state index < -0.39 is 5.97 Å². The highest BCUT2D eigenvalue weighted by Gasteiger charge is 2.14. The quantitative estimate of drug-likeness (QED) is 0.485. The van der Waals surface area contributed by atoms with Crippen LogP contribution in [0.15, 0.2) is 0 Å². The van der Waals surface area contributed by atoms with Gasteiger partial charge >= 0.3 is 5.97 Å². The molecule has 84 valence electrons. The van der Waals surface area contributed by atoms with Crippen LogP contribution in [-0.2, 0) is 4.79 Å². The van der Waals surface area contributed by atoms with Gasteiger partial charge in [0.05, 0.1) is 5.92 Å². The van der Waals surface area contributed by atoms with Gasteiger partial charge in [0.2, 0.25) is 0 Å². The second-order valence-corrected chi connectivity index (χ2v) is 4.61. The van der Waals surface area contributed by atoms with Crippen LogP contribution >= 0.6 is 12.6 Å². The first-order chi connectivity index (χ1) is 6.57. The summed E-state index contributed by atoms with van der Waals surface area (Å²) in [4.78, 5) is 10.7. The lowest BCUT2D eigenvalue weighted by molar-refractivity contribution is -0.141. The minimum absolute atomic E-state index is 0.252. The van der Waals surface area contributed by atoms with E-state index in [1.165, 1.54) is 12.8 Å². The highest BCUT2D eigenvalue weighted by atomic mass is 32.1. The van der Waals surface area contributed by atoms with Crippen molar-refractivity contribution in [2.45, 2.75) is 46.0 Å². The third kappa shape index (κ3) is 7.25. The molecule has 0 aliphatic heterocycles. The van der Waals surface area contributed by atoms with Crippen molar-refractivity contribution in [3.8, 4) is 0 Å². The molecule has 1 atom stereocenters. The average molecular weight is 218 g/mol. The second kappa shape index (κ2) is 8.16. The molecule has 0 aliphatic carbocycles. The molecule has 0 amide bonds. The molecular weight excluding hydrogens is 196 g/mol. The molecule has 0 rings (SSSR count). The van der Waals surface area contributed by atoms with Crippen LogP contribution in [0.25, 0.3) is 0 Å². The Bertz CT molecular complexity index is 157. The lowest BCUT2D eigenvalue weighted by Gasteiger charge is -2.09. The normalized spacial score (nSPS) is 13.1. The van der Waals surface area contributed by atoms with E-state index >= 15 is 0 Å². The van der Waals surface area contributed by atoms with Crippen molar-refractivity contribution in [2.24, 2.45) is 11.8 Å². The zero-order valence-corrected chi connectivity index (χ0v) is 10.1. The Labute approximate surface area is 92.5 Å². The van der Waals surface area contributed by atoms with Crippen molar-refractivity contribution in [3.05, 3.63) is 0 Å². The summed E-state index contributed by atoms with van der Waals surface area (Å²) < 4.78 is 0. The van der Waals surface area contributed by atoms with Crippen molar-refractivity contribution in [1.29, 1.82) is 0 Å². The lowest BCUT2D eigenvalue weighted by atomic mass is 10.0. The molecule has 0 aliphatic rings. The summed E-state index contributed by atoms with van der Waals surface area (Å²) in [5, 5.41) is 8.77. The van der Waals surface area contributed by atoms with Crippen molar-refractivity contribution >= 4 is 18.6 Å². The van der Waals surface area contributed by atoms with Crippen LogP contribution in [0, 0.1) is 11.8 Å². The van der Waals surface area contributed by atoms with Crippen LogP contribution in [0.2, 0.25) is 0 Å². The molecule has 0 bridgehead atoms. The van der Waals surface area contributed by atoms with E-state index in [2.05, 4.69) is 26.5 Å². The van der Waals surface area contributed by atoms with E-state index in [0.29, 0.717) is 5.75 Å². The molecule has 0 saturated carbocycles. The molecule has 1 N–H and O–H groups in total. The van der Waals surface area contributed by atoms with Crippen LogP contribution in [0.4, 0.5) is 0 Å². The first kappa shape index (κ1) is 13.8. The summed E-state index contributed by atoms with van der Waals surface area (Å²) in [6.45, 7) is 4.43. The first-order valence-electron chi connectivity index (χ1n) is 5.41. The summed E-state index contributed by atoms with van der Waals surface area (Å²) in [7, 11) is 0. The second-order valence-electron chi connectivity index (χ2n) is 4.25. The number of thiol groups is 1. The van der Waals surface area contributed by atoms with Gasteiger partial charge in [0.1, 0.15) is 0 Å². The van der Waals surface area contributed by atoms with Gasteiger partial charge in [0.25, 0.3) is 0 Å². The number of aliphatic carboxylic acids is 1. The van der Waals surface area contributed by atoms with Gasteiger partial charge in [-0.05, 0) is 12.3 Å². The Kier molecular flexibility index (Phi) is 8.05. The Hall–Kier alpha value is -0.180. The van der Waals surface area contributed by atoms with E-state index in [0.717, 1.165) is 25.2 Å².